The van der Waals surface area contributed by atoms with Crippen LogP contribution in [0.25, 0.3) is 0 Å². The summed E-state index contributed by atoms with van der Waals surface area (Å²) < 4.78 is 39.0. The minimum atomic E-state index is -4.74. The number of pyridine rings is 1. The summed E-state index contributed by atoms with van der Waals surface area (Å²) in [7, 11) is 0. The van der Waals surface area contributed by atoms with E-state index in [1.54, 1.807) is 12.1 Å². The van der Waals surface area contributed by atoms with Crippen LogP contribution in [0.4, 0.5) is 24.5 Å². The van der Waals surface area contributed by atoms with Gasteiger partial charge in [-0.3, -0.25) is 19.9 Å². The lowest BCUT2D eigenvalue weighted by molar-refractivity contribution is -0.385. The molecule has 0 bridgehead atoms. The van der Waals surface area contributed by atoms with Gasteiger partial charge in [0.15, 0.2) is 0 Å². The maximum Gasteiger partial charge on any atom is 0.418 e. The Morgan fingerprint density at radius 3 is 2.60 bits per heavy atom. The molecule has 0 fully saturated rings. The van der Waals surface area contributed by atoms with Crippen LogP contribution < -0.4 is 10.6 Å². The zero-order valence-corrected chi connectivity index (χ0v) is 12.7. The van der Waals surface area contributed by atoms with Crippen molar-refractivity contribution in [2.75, 3.05) is 18.4 Å². The normalized spacial score (nSPS) is 11.0. The second-order valence-electron chi connectivity index (χ2n) is 4.91. The van der Waals surface area contributed by atoms with Crippen molar-refractivity contribution in [2.24, 2.45) is 0 Å². The van der Waals surface area contributed by atoms with E-state index in [9.17, 15) is 28.1 Å². The van der Waals surface area contributed by atoms with Crippen LogP contribution >= 0.6 is 0 Å². The highest BCUT2D eigenvalue weighted by molar-refractivity contribution is 5.93. The highest BCUT2D eigenvalue weighted by Crippen LogP contribution is 2.36. The van der Waals surface area contributed by atoms with E-state index in [0.717, 1.165) is 12.1 Å². The lowest BCUT2D eigenvalue weighted by Crippen LogP contribution is -2.29. The Morgan fingerprint density at radius 1 is 1.24 bits per heavy atom. The van der Waals surface area contributed by atoms with E-state index in [-0.39, 0.29) is 18.8 Å². The number of nitro benzene ring substituents is 1. The number of carbonyl (C=O) groups excluding carboxylic acids is 1. The van der Waals surface area contributed by atoms with Crippen LogP contribution in [0, 0.1) is 10.1 Å². The van der Waals surface area contributed by atoms with Crippen molar-refractivity contribution in [1.29, 1.82) is 0 Å². The number of anilines is 1. The van der Waals surface area contributed by atoms with E-state index in [4.69, 9.17) is 0 Å². The number of amides is 1. The third-order valence-corrected chi connectivity index (χ3v) is 3.17. The zero-order valence-electron chi connectivity index (χ0n) is 12.7. The number of hydrogen-bond donors (Lipinski definition) is 2. The summed E-state index contributed by atoms with van der Waals surface area (Å²) in [6, 6.07) is 5.57. The molecule has 10 heteroatoms. The van der Waals surface area contributed by atoms with Crippen LogP contribution in [-0.4, -0.2) is 28.9 Å². The second-order valence-corrected chi connectivity index (χ2v) is 4.91. The lowest BCUT2D eigenvalue weighted by atomic mass is 10.1. The van der Waals surface area contributed by atoms with Crippen LogP contribution in [0.3, 0.4) is 0 Å². The van der Waals surface area contributed by atoms with E-state index in [0.29, 0.717) is 11.6 Å². The maximum atomic E-state index is 13.0. The summed E-state index contributed by atoms with van der Waals surface area (Å²) in [5, 5.41) is 15.7. The molecule has 0 saturated heterocycles. The van der Waals surface area contributed by atoms with Crippen LogP contribution in [-0.2, 0) is 6.18 Å². The van der Waals surface area contributed by atoms with Gasteiger partial charge in [0, 0.05) is 43.3 Å². The van der Waals surface area contributed by atoms with E-state index in [1.165, 1.54) is 12.4 Å². The third-order valence-electron chi connectivity index (χ3n) is 3.17. The Balaban J connectivity index is 1.98. The van der Waals surface area contributed by atoms with E-state index in [1.807, 2.05) is 0 Å². The molecule has 0 aliphatic carbocycles. The zero-order chi connectivity index (χ0) is 18.4. The standard InChI is InChI=1S/C15H13F3N4O3/c16-15(17,18)12-8-11(22(24)25)3-4-13(12)20-6-7-21-14(23)10-2-1-5-19-9-10/h1-5,8-9,20H,6-7H2,(H,21,23). The molecule has 2 aromatic rings. The van der Waals surface area contributed by atoms with Gasteiger partial charge in [-0.2, -0.15) is 13.2 Å². The summed E-state index contributed by atoms with van der Waals surface area (Å²) in [5.74, 6) is -0.408. The second kappa shape index (κ2) is 7.60. The number of halogens is 3. The average Bonchev–Trinajstić information content (AvgIpc) is 2.58. The summed E-state index contributed by atoms with van der Waals surface area (Å²) in [6.07, 6.45) is -1.88. The topological polar surface area (TPSA) is 97.2 Å². The molecule has 0 radical (unpaired) electrons. The summed E-state index contributed by atoms with van der Waals surface area (Å²) >= 11 is 0. The fourth-order valence-electron chi connectivity index (χ4n) is 2.01. The predicted octanol–water partition coefficient (Wildman–Crippen LogP) is 2.85. The van der Waals surface area contributed by atoms with Gasteiger partial charge in [0.25, 0.3) is 11.6 Å². The van der Waals surface area contributed by atoms with Gasteiger partial charge in [-0.05, 0) is 18.2 Å². The van der Waals surface area contributed by atoms with Gasteiger partial charge >= 0.3 is 6.18 Å². The smallest absolute Gasteiger partial charge is 0.383 e. The first-order valence-corrected chi connectivity index (χ1v) is 7.07. The number of nitrogens with one attached hydrogen (secondary N) is 2. The number of benzene rings is 1. The maximum absolute atomic E-state index is 13.0. The highest BCUT2D eigenvalue weighted by atomic mass is 19.4. The number of nitrogens with zero attached hydrogens (tertiary/aromatic N) is 2. The van der Waals surface area contributed by atoms with Gasteiger partial charge in [-0.1, -0.05) is 0 Å². The molecule has 0 spiro atoms. The van der Waals surface area contributed by atoms with Crippen LogP contribution in [0.1, 0.15) is 15.9 Å². The summed E-state index contributed by atoms with van der Waals surface area (Å²) in [4.78, 5) is 25.3. The van der Waals surface area contributed by atoms with Gasteiger partial charge in [0.1, 0.15) is 0 Å². The summed E-state index contributed by atoms with van der Waals surface area (Å²) in [5.41, 5.74) is -1.76. The van der Waals surface area contributed by atoms with Crippen molar-refractivity contribution in [3.05, 3.63) is 64.0 Å². The van der Waals surface area contributed by atoms with Crippen molar-refractivity contribution >= 4 is 17.3 Å². The Morgan fingerprint density at radius 2 is 2.00 bits per heavy atom. The number of hydrogen-bond acceptors (Lipinski definition) is 5. The number of non-ortho nitro benzene ring substituents is 1. The van der Waals surface area contributed by atoms with E-state index >= 15 is 0 Å². The molecule has 0 aliphatic heterocycles. The van der Waals surface area contributed by atoms with Crippen molar-refractivity contribution in [2.45, 2.75) is 6.18 Å². The van der Waals surface area contributed by atoms with Crippen molar-refractivity contribution in [3.8, 4) is 0 Å². The Kier molecular flexibility index (Phi) is 5.52. The first-order chi connectivity index (χ1) is 11.8. The largest absolute Gasteiger partial charge is 0.418 e. The first-order valence-electron chi connectivity index (χ1n) is 7.07. The molecule has 0 atom stereocenters. The van der Waals surface area contributed by atoms with Gasteiger partial charge in [0.2, 0.25) is 0 Å². The van der Waals surface area contributed by atoms with Gasteiger partial charge < -0.3 is 10.6 Å². The van der Waals surface area contributed by atoms with Gasteiger partial charge in [0.05, 0.1) is 16.1 Å². The molecule has 1 amide bonds. The number of rotatable bonds is 6. The van der Waals surface area contributed by atoms with Crippen LogP contribution in [0.15, 0.2) is 42.7 Å². The Bertz CT molecular complexity index is 766. The van der Waals surface area contributed by atoms with Crippen LogP contribution in [0.2, 0.25) is 0 Å². The molecule has 2 rings (SSSR count). The molecule has 1 aromatic carbocycles. The van der Waals surface area contributed by atoms with Crippen molar-refractivity contribution < 1.29 is 22.9 Å². The van der Waals surface area contributed by atoms with Crippen molar-refractivity contribution in [3.63, 3.8) is 0 Å². The predicted molar refractivity (Wildman–Crippen MR) is 83.2 cm³/mol. The third kappa shape index (κ3) is 4.90. The lowest BCUT2D eigenvalue weighted by Gasteiger charge is -2.14. The Labute approximate surface area is 140 Å². The van der Waals surface area contributed by atoms with Crippen LogP contribution in [0.5, 0.6) is 0 Å². The van der Waals surface area contributed by atoms with Crippen molar-refractivity contribution in [1.82, 2.24) is 10.3 Å². The number of aromatic nitrogens is 1. The molecule has 132 valence electrons. The van der Waals surface area contributed by atoms with E-state index in [2.05, 4.69) is 15.6 Å². The molecule has 1 heterocycles. The summed E-state index contributed by atoms with van der Waals surface area (Å²) in [6.45, 7) is 0.0644. The molecule has 25 heavy (non-hydrogen) atoms. The average molecular weight is 354 g/mol. The van der Waals surface area contributed by atoms with Gasteiger partial charge in [-0.25, -0.2) is 0 Å². The molecule has 0 saturated carbocycles. The first kappa shape index (κ1) is 18.2. The Hall–Kier alpha value is -3.17. The molecular weight excluding hydrogens is 341 g/mol. The molecule has 0 aliphatic rings. The molecule has 0 unspecified atom stereocenters. The quantitative estimate of drug-likeness (QED) is 0.472. The molecule has 7 nitrogen and oxygen atoms in total. The molecular formula is C15H13F3N4O3. The van der Waals surface area contributed by atoms with E-state index < -0.39 is 28.3 Å². The number of alkyl halides is 3. The molecule has 1 aromatic heterocycles. The fraction of sp³-hybridized carbons (Fsp3) is 0.200. The minimum absolute atomic E-state index is 0.00684. The van der Waals surface area contributed by atoms with Gasteiger partial charge in [-0.15, -0.1) is 0 Å². The highest BCUT2D eigenvalue weighted by Gasteiger charge is 2.35. The fourth-order valence-corrected chi connectivity index (χ4v) is 2.01. The minimum Gasteiger partial charge on any atom is -0.383 e. The number of nitro groups is 1. The number of carbonyl (C=O) groups is 1. The SMILES string of the molecule is O=C(NCCNc1ccc([N+](=O)[O-])cc1C(F)(F)F)c1cccnc1. The monoisotopic (exact) mass is 354 g/mol. The molecule has 2 N–H and O–H groups in total.